The van der Waals surface area contributed by atoms with E-state index in [1.165, 1.54) is 18.6 Å². The summed E-state index contributed by atoms with van der Waals surface area (Å²) in [6.07, 6.45) is 4.27. The number of aromatic nitrogens is 5. The summed E-state index contributed by atoms with van der Waals surface area (Å²) >= 11 is 0. The summed E-state index contributed by atoms with van der Waals surface area (Å²) in [5, 5.41) is 13.7. The number of ether oxygens (including phenoxy) is 1. The van der Waals surface area contributed by atoms with Crippen molar-refractivity contribution in [2.24, 2.45) is 7.05 Å². The Bertz CT molecular complexity index is 799. The van der Waals surface area contributed by atoms with Gasteiger partial charge >= 0.3 is 5.97 Å². The van der Waals surface area contributed by atoms with Gasteiger partial charge in [0.05, 0.1) is 6.20 Å². The first-order chi connectivity index (χ1) is 9.66. The second-order valence-electron chi connectivity index (χ2n) is 3.94. The Hall–Kier alpha value is -3.03. The summed E-state index contributed by atoms with van der Waals surface area (Å²) in [6, 6.07) is 3.10. The highest BCUT2D eigenvalue weighted by Gasteiger charge is 2.16. The van der Waals surface area contributed by atoms with Crippen molar-refractivity contribution in [1.29, 1.82) is 0 Å². The lowest BCUT2D eigenvalue weighted by Gasteiger charge is -2.07. The van der Waals surface area contributed by atoms with Gasteiger partial charge in [-0.1, -0.05) is 0 Å². The predicted octanol–water partition coefficient (Wildman–Crippen LogP) is 1.25. The first-order valence-electron chi connectivity index (χ1n) is 5.65. The molecule has 8 heteroatoms. The number of hydrogen-bond acceptors (Lipinski definition) is 6. The molecular formula is C12H9N5O3. The van der Waals surface area contributed by atoms with E-state index in [-0.39, 0.29) is 17.3 Å². The van der Waals surface area contributed by atoms with Crippen LogP contribution in [-0.4, -0.2) is 35.8 Å². The molecule has 3 rings (SSSR count). The molecule has 0 spiro atoms. The van der Waals surface area contributed by atoms with Crippen LogP contribution >= 0.6 is 0 Å². The first-order valence-corrected chi connectivity index (χ1v) is 5.65. The molecule has 0 aliphatic carbocycles. The maximum absolute atomic E-state index is 11.1. The molecule has 100 valence electrons. The van der Waals surface area contributed by atoms with Gasteiger partial charge in [-0.3, -0.25) is 4.68 Å². The molecule has 1 N–H and O–H groups in total. The standard InChI is InChI=1S/C12H9N5O3/c1-17-10-7(5-16-17)11(15-6-14-10)20-8-3-2-4-13-9(8)12(18)19/h2-6H,1H3,(H,18,19). The highest BCUT2D eigenvalue weighted by atomic mass is 16.5. The van der Waals surface area contributed by atoms with Crippen molar-refractivity contribution in [2.75, 3.05) is 0 Å². The Morgan fingerprint density at radius 2 is 2.20 bits per heavy atom. The van der Waals surface area contributed by atoms with Crippen LogP contribution in [0.5, 0.6) is 11.6 Å². The molecule has 0 atom stereocenters. The normalized spacial score (nSPS) is 10.7. The molecule has 0 unspecified atom stereocenters. The number of aryl methyl sites for hydroxylation is 1. The summed E-state index contributed by atoms with van der Waals surface area (Å²) in [7, 11) is 1.74. The summed E-state index contributed by atoms with van der Waals surface area (Å²) in [5.74, 6) is -0.820. The maximum atomic E-state index is 11.1. The van der Waals surface area contributed by atoms with Gasteiger partial charge in [-0.2, -0.15) is 5.10 Å². The van der Waals surface area contributed by atoms with E-state index in [0.29, 0.717) is 11.0 Å². The zero-order valence-electron chi connectivity index (χ0n) is 10.4. The zero-order chi connectivity index (χ0) is 14.1. The smallest absolute Gasteiger partial charge is 0.358 e. The average Bonchev–Trinajstić information content (AvgIpc) is 2.82. The molecule has 0 saturated heterocycles. The molecular weight excluding hydrogens is 262 g/mol. The summed E-state index contributed by atoms with van der Waals surface area (Å²) < 4.78 is 7.12. The van der Waals surface area contributed by atoms with Crippen molar-refractivity contribution < 1.29 is 14.6 Å². The van der Waals surface area contributed by atoms with Crippen molar-refractivity contribution in [1.82, 2.24) is 24.7 Å². The molecule has 20 heavy (non-hydrogen) atoms. The van der Waals surface area contributed by atoms with E-state index in [4.69, 9.17) is 9.84 Å². The van der Waals surface area contributed by atoms with Crippen LogP contribution < -0.4 is 4.74 Å². The molecule has 0 aliphatic rings. The minimum atomic E-state index is -1.17. The van der Waals surface area contributed by atoms with Gasteiger partial charge in [0.2, 0.25) is 5.88 Å². The molecule has 8 nitrogen and oxygen atoms in total. The van der Waals surface area contributed by atoms with E-state index in [2.05, 4.69) is 20.1 Å². The van der Waals surface area contributed by atoms with Gasteiger partial charge in [0, 0.05) is 13.2 Å². The quantitative estimate of drug-likeness (QED) is 0.764. The minimum absolute atomic E-state index is 0.115. The van der Waals surface area contributed by atoms with Gasteiger partial charge in [0.15, 0.2) is 17.1 Å². The van der Waals surface area contributed by atoms with E-state index in [1.54, 1.807) is 24.0 Å². The third-order valence-corrected chi connectivity index (χ3v) is 2.67. The number of aromatic carboxylic acids is 1. The summed E-state index contributed by atoms with van der Waals surface area (Å²) in [6.45, 7) is 0. The predicted molar refractivity (Wildman–Crippen MR) is 67.6 cm³/mol. The molecule has 0 radical (unpaired) electrons. The van der Waals surface area contributed by atoms with Crippen LogP contribution in [0.4, 0.5) is 0 Å². The molecule has 0 amide bonds. The number of carboxylic acids is 1. The number of carboxylic acid groups (broad SMARTS) is 1. The van der Waals surface area contributed by atoms with Crippen molar-refractivity contribution in [3.8, 4) is 11.6 Å². The Morgan fingerprint density at radius 1 is 1.35 bits per heavy atom. The van der Waals surface area contributed by atoms with Crippen LogP contribution in [0.15, 0.2) is 30.9 Å². The fourth-order valence-corrected chi connectivity index (χ4v) is 1.76. The van der Waals surface area contributed by atoms with Gasteiger partial charge in [-0.05, 0) is 12.1 Å². The molecule has 0 bridgehead atoms. The highest BCUT2D eigenvalue weighted by Crippen LogP contribution is 2.27. The topological polar surface area (TPSA) is 103 Å². The van der Waals surface area contributed by atoms with Crippen molar-refractivity contribution in [3.05, 3.63) is 36.5 Å². The van der Waals surface area contributed by atoms with Crippen molar-refractivity contribution >= 4 is 17.0 Å². The van der Waals surface area contributed by atoms with Gasteiger partial charge in [0.1, 0.15) is 11.7 Å². The maximum Gasteiger partial charge on any atom is 0.358 e. The summed E-state index contributed by atoms with van der Waals surface area (Å²) in [5.41, 5.74) is 0.416. The van der Waals surface area contributed by atoms with Gasteiger partial charge < -0.3 is 9.84 Å². The van der Waals surface area contributed by atoms with Crippen LogP contribution in [-0.2, 0) is 7.05 Å². The molecule has 0 aromatic carbocycles. The molecule has 3 aromatic rings. The fraction of sp³-hybridized carbons (Fsp3) is 0.0833. The SMILES string of the molecule is Cn1ncc2c(Oc3cccnc3C(=O)O)ncnc21. The third kappa shape index (κ3) is 1.92. The number of nitrogens with zero attached hydrogens (tertiary/aromatic N) is 5. The number of rotatable bonds is 3. The van der Waals surface area contributed by atoms with E-state index in [0.717, 1.165) is 0 Å². The van der Waals surface area contributed by atoms with Gasteiger partial charge in [-0.25, -0.2) is 19.7 Å². The molecule has 0 fully saturated rings. The second-order valence-corrected chi connectivity index (χ2v) is 3.94. The molecule has 0 saturated carbocycles. The van der Waals surface area contributed by atoms with E-state index >= 15 is 0 Å². The van der Waals surface area contributed by atoms with Crippen molar-refractivity contribution in [2.45, 2.75) is 0 Å². The average molecular weight is 271 g/mol. The van der Waals surface area contributed by atoms with Crippen LogP contribution in [0.3, 0.4) is 0 Å². The monoisotopic (exact) mass is 271 g/mol. The van der Waals surface area contributed by atoms with Gasteiger partial charge in [0.25, 0.3) is 0 Å². The summed E-state index contributed by atoms with van der Waals surface area (Å²) in [4.78, 5) is 22.9. The molecule has 3 heterocycles. The van der Waals surface area contributed by atoms with Crippen LogP contribution in [0.2, 0.25) is 0 Å². The largest absolute Gasteiger partial charge is 0.476 e. The number of carbonyl (C=O) groups is 1. The lowest BCUT2D eigenvalue weighted by molar-refractivity contribution is 0.0687. The van der Waals surface area contributed by atoms with Crippen LogP contribution in [0.1, 0.15) is 10.5 Å². The van der Waals surface area contributed by atoms with E-state index in [1.807, 2.05) is 0 Å². The lowest BCUT2D eigenvalue weighted by Crippen LogP contribution is -2.03. The van der Waals surface area contributed by atoms with Gasteiger partial charge in [-0.15, -0.1) is 0 Å². The Labute approximate surface area is 112 Å². The highest BCUT2D eigenvalue weighted by molar-refractivity contribution is 5.89. The molecule has 0 aliphatic heterocycles. The number of fused-ring (bicyclic) bond motifs is 1. The Balaban J connectivity index is 2.08. The lowest BCUT2D eigenvalue weighted by atomic mass is 10.3. The Morgan fingerprint density at radius 3 is 3.00 bits per heavy atom. The van der Waals surface area contributed by atoms with E-state index < -0.39 is 5.97 Å². The molecule has 3 aromatic heterocycles. The van der Waals surface area contributed by atoms with Crippen molar-refractivity contribution in [3.63, 3.8) is 0 Å². The number of pyridine rings is 1. The Kier molecular flexibility index (Phi) is 2.75. The fourth-order valence-electron chi connectivity index (χ4n) is 1.76. The third-order valence-electron chi connectivity index (χ3n) is 2.67. The zero-order valence-corrected chi connectivity index (χ0v) is 10.4. The van der Waals surface area contributed by atoms with E-state index in [9.17, 15) is 4.79 Å². The minimum Gasteiger partial charge on any atom is -0.476 e. The first kappa shape index (κ1) is 12.0. The second kappa shape index (κ2) is 4.57. The number of hydrogen-bond donors (Lipinski definition) is 1. The van der Waals surface area contributed by atoms with Crippen LogP contribution in [0.25, 0.3) is 11.0 Å². The van der Waals surface area contributed by atoms with Crippen LogP contribution in [0, 0.1) is 0 Å².